The Labute approximate surface area is 595 Å². The number of nitrogens with one attached hydrogen (secondary N) is 1. The predicted octanol–water partition coefficient (Wildman–Crippen LogP) is 12.7. The summed E-state index contributed by atoms with van der Waals surface area (Å²) in [5, 5.41) is 16.6. The van der Waals surface area contributed by atoms with Crippen LogP contribution in [0.5, 0.6) is 5.75 Å². The number of ether oxygens (including phenoxy) is 15. The third-order valence-corrected chi connectivity index (χ3v) is 19.6. The van der Waals surface area contributed by atoms with Gasteiger partial charge in [-0.05, 0) is 62.7 Å². The fourth-order valence-corrected chi connectivity index (χ4v) is 13.2. The second-order valence-electron chi connectivity index (χ2n) is 26.9. The van der Waals surface area contributed by atoms with E-state index in [-0.39, 0.29) is 72.7 Å². The highest BCUT2D eigenvalue weighted by molar-refractivity contribution is 6.76. The predicted molar refractivity (Wildman–Crippen MR) is 383 cm³/mol. The van der Waals surface area contributed by atoms with Gasteiger partial charge in [-0.2, -0.15) is 0 Å². The standard InChI is InChI=1S/C82H97NO17Si/c1-58(84)83-71-75(92-50-62-33-19-9-20-34-62)73(91-54-66-41-43-67(86-2)44-42-66)69(56-88-48-60-29-15-7-16-30-60)97-80(71)100-76-72(85)68(55-87-47-59-27-13-6-14-28-59)96-82(78(76)94-52-64-37-23-11-24-38-64)99-74-70(57-89-49-61-31-17-8-18-32-61)98-81(90-45-46-101(3,4)5)79(95-53-65-39-25-12-26-40-65)77(74)93-51-63-35-21-10-22-36-63/h6-44,68-82,85H,45-57H2,1-5H3,(H,83,84)/t68-,69-,70-,71-,72+,73-,74-,75-,76+,77+,78-,79-,80+,81-,82+/m1/s1. The second kappa shape index (κ2) is 38.8. The highest BCUT2D eigenvalue weighted by atomic mass is 28.3. The van der Waals surface area contributed by atoms with Gasteiger partial charge in [-0.1, -0.05) is 244 Å². The zero-order chi connectivity index (χ0) is 70.0. The van der Waals surface area contributed by atoms with Crippen molar-refractivity contribution in [2.75, 3.05) is 33.5 Å². The van der Waals surface area contributed by atoms with E-state index in [2.05, 4.69) is 25.0 Å². The molecule has 3 aliphatic rings. The lowest BCUT2D eigenvalue weighted by Crippen LogP contribution is -2.69. The number of carbonyl (C=O) groups is 1. The summed E-state index contributed by atoms with van der Waals surface area (Å²) >= 11 is 0. The Bertz CT molecular complexity index is 3610. The van der Waals surface area contributed by atoms with E-state index >= 15 is 0 Å². The minimum absolute atomic E-state index is 0.00565. The molecule has 8 aromatic rings. The molecule has 3 saturated heterocycles. The average Bonchev–Trinajstić information content (AvgIpc) is 0.767. The number of hydrogen-bond acceptors (Lipinski definition) is 17. The third kappa shape index (κ3) is 22.8. The molecule has 536 valence electrons. The van der Waals surface area contributed by atoms with Crippen LogP contribution in [0.15, 0.2) is 237 Å². The Morgan fingerprint density at radius 1 is 0.376 bits per heavy atom. The lowest BCUT2D eigenvalue weighted by Gasteiger charge is -2.51. The molecule has 18 nitrogen and oxygen atoms in total. The van der Waals surface area contributed by atoms with Crippen molar-refractivity contribution in [2.45, 2.75) is 178 Å². The summed E-state index contributed by atoms with van der Waals surface area (Å²) in [7, 11) is -0.0234. The molecule has 15 atom stereocenters. The van der Waals surface area contributed by atoms with Gasteiger partial charge in [0.1, 0.15) is 78.9 Å². The smallest absolute Gasteiger partial charge is 0.217 e. The van der Waals surface area contributed by atoms with Crippen molar-refractivity contribution in [3.8, 4) is 5.75 Å². The topological polar surface area (TPSA) is 188 Å². The minimum atomic E-state index is -1.64. The Morgan fingerprint density at radius 2 is 0.713 bits per heavy atom. The molecule has 8 aromatic carbocycles. The van der Waals surface area contributed by atoms with Gasteiger partial charge in [-0.3, -0.25) is 4.79 Å². The number of methoxy groups -OCH3 is 1. The third-order valence-electron chi connectivity index (χ3n) is 17.9. The van der Waals surface area contributed by atoms with E-state index in [0.29, 0.717) is 12.4 Å². The van der Waals surface area contributed by atoms with Crippen LogP contribution in [0.3, 0.4) is 0 Å². The van der Waals surface area contributed by atoms with Crippen molar-refractivity contribution >= 4 is 14.0 Å². The molecule has 0 unspecified atom stereocenters. The first-order valence-corrected chi connectivity index (χ1v) is 38.7. The van der Waals surface area contributed by atoms with Gasteiger partial charge < -0.3 is 81.5 Å². The molecule has 2 N–H and O–H groups in total. The lowest BCUT2D eigenvalue weighted by molar-refractivity contribution is -0.387. The molecule has 3 fully saturated rings. The first-order valence-electron chi connectivity index (χ1n) is 35.0. The van der Waals surface area contributed by atoms with Gasteiger partial charge in [-0.25, -0.2) is 0 Å². The zero-order valence-electron chi connectivity index (χ0n) is 58.3. The normalized spacial score (nSPS) is 25.3. The van der Waals surface area contributed by atoms with Crippen LogP contribution in [0, 0.1) is 0 Å². The van der Waals surface area contributed by atoms with Crippen LogP contribution in [0.4, 0.5) is 0 Å². The summed E-state index contributed by atoms with van der Waals surface area (Å²) in [6, 6.07) is 76.1. The quantitative estimate of drug-likeness (QED) is 0.0350. The number of carbonyl (C=O) groups excluding carboxylic acids is 1. The number of aliphatic hydroxyl groups is 1. The molecular weight excluding hydrogens is 1300 g/mol. The van der Waals surface area contributed by atoms with Crippen molar-refractivity contribution in [3.63, 3.8) is 0 Å². The molecule has 1 amide bonds. The van der Waals surface area contributed by atoms with E-state index in [9.17, 15) is 9.90 Å². The van der Waals surface area contributed by atoms with Crippen LogP contribution >= 0.6 is 0 Å². The van der Waals surface area contributed by atoms with E-state index in [1.165, 1.54) is 6.92 Å². The summed E-state index contributed by atoms with van der Waals surface area (Å²) in [6.45, 7) is 9.84. The van der Waals surface area contributed by atoms with E-state index in [1.807, 2.05) is 237 Å². The monoisotopic (exact) mass is 1400 g/mol. The fourth-order valence-electron chi connectivity index (χ4n) is 12.5. The number of hydrogen-bond donors (Lipinski definition) is 2. The minimum Gasteiger partial charge on any atom is -0.497 e. The number of rotatable bonds is 37. The summed E-state index contributed by atoms with van der Waals surface area (Å²) in [5.41, 5.74) is 7.16. The van der Waals surface area contributed by atoms with Crippen molar-refractivity contribution < 1.29 is 81.0 Å². The molecule has 101 heavy (non-hydrogen) atoms. The van der Waals surface area contributed by atoms with Gasteiger partial charge >= 0.3 is 0 Å². The molecule has 3 aliphatic heterocycles. The van der Waals surface area contributed by atoms with Gasteiger partial charge in [-0.15, -0.1) is 0 Å². The maximum Gasteiger partial charge on any atom is 0.217 e. The molecule has 0 bridgehead atoms. The van der Waals surface area contributed by atoms with E-state index in [1.54, 1.807) is 7.11 Å². The molecule has 0 radical (unpaired) electrons. The average molecular weight is 1400 g/mol. The summed E-state index contributed by atoms with van der Waals surface area (Å²) < 4.78 is 105. The Balaban J connectivity index is 1.02. The maximum atomic E-state index is 14.0. The molecule has 0 aliphatic carbocycles. The van der Waals surface area contributed by atoms with Crippen LogP contribution in [0.2, 0.25) is 25.7 Å². The van der Waals surface area contributed by atoms with Crippen molar-refractivity contribution in [1.29, 1.82) is 0 Å². The number of amides is 1. The summed E-state index contributed by atoms with van der Waals surface area (Å²) in [5.74, 6) is 0.285. The van der Waals surface area contributed by atoms with Crippen LogP contribution in [-0.4, -0.2) is 145 Å². The van der Waals surface area contributed by atoms with Gasteiger partial charge in [0.15, 0.2) is 18.9 Å². The van der Waals surface area contributed by atoms with Crippen LogP contribution in [-0.2, 0) is 124 Å². The largest absolute Gasteiger partial charge is 0.497 e. The van der Waals surface area contributed by atoms with E-state index < -0.39 is 106 Å². The molecular formula is C82H97NO17Si. The first-order chi connectivity index (χ1) is 49.4. The highest BCUT2D eigenvalue weighted by Gasteiger charge is 2.57. The number of aliphatic hydroxyl groups excluding tert-OH is 1. The van der Waals surface area contributed by atoms with Crippen LogP contribution < -0.4 is 10.1 Å². The van der Waals surface area contributed by atoms with E-state index in [0.717, 1.165) is 50.6 Å². The molecule has 0 saturated carbocycles. The molecule has 0 spiro atoms. The van der Waals surface area contributed by atoms with Gasteiger partial charge in [0.05, 0.1) is 79.8 Å². The van der Waals surface area contributed by atoms with Crippen molar-refractivity contribution in [3.05, 3.63) is 281 Å². The molecule has 19 heteroatoms. The van der Waals surface area contributed by atoms with Gasteiger partial charge in [0.2, 0.25) is 5.91 Å². The van der Waals surface area contributed by atoms with E-state index in [4.69, 9.17) is 71.1 Å². The Kier molecular flexibility index (Phi) is 28.7. The van der Waals surface area contributed by atoms with Crippen molar-refractivity contribution in [1.82, 2.24) is 5.32 Å². The summed E-state index contributed by atoms with van der Waals surface area (Å²) in [4.78, 5) is 14.0. The van der Waals surface area contributed by atoms with Crippen molar-refractivity contribution in [2.24, 2.45) is 0 Å². The fraction of sp³-hybridized carbons (Fsp3) is 0.402. The maximum absolute atomic E-state index is 14.0. The SMILES string of the molecule is COc1ccc(CO[C@H]2[C@H](OCc3ccccc3)[C@@H](NC(C)=O)[C@H](O[C@H]3[C@@H](O)[C@@H](COCc4ccccc4)O[C@@H](O[C@H]4[C@H](OCc5ccccc5)[C@@H](OCc5ccccc5)[C@H](OCC[Si](C)(C)C)O[C@@H]4COCc4ccccc4)[C@@H]3OCc3ccccc3)O[C@@H]2COCc2ccccc2)cc1. The lowest BCUT2D eigenvalue weighted by atomic mass is 9.94. The van der Waals surface area contributed by atoms with Gasteiger partial charge in [0, 0.05) is 21.6 Å². The molecule has 0 aromatic heterocycles. The highest BCUT2D eigenvalue weighted by Crippen LogP contribution is 2.39. The molecule has 11 rings (SSSR count). The van der Waals surface area contributed by atoms with Gasteiger partial charge in [0.25, 0.3) is 0 Å². The zero-order valence-corrected chi connectivity index (χ0v) is 59.3. The molecule has 3 heterocycles. The van der Waals surface area contributed by atoms with Crippen LogP contribution in [0.1, 0.15) is 51.4 Å². The Morgan fingerprint density at radius 3 is 1.13 bits per heavy atom. The van der Waals surface area contributed by atoms with Crippen LogP contribution in [0.25, 0.3) is 0 Å². The first kappa shape index (κ1) is 74.8. The number of benzene rings is 8. The Hall–Kier alpha value is -7.35. The second-order valence-corrected chi connectivity index (χ2v) is 32.5. The summed E-state index contributed by atoms with van der Waals surface area (Å²) in [6.07, 6.45) is -15.8.